The van der Waals surface area contributed by atoms with Crippen molar-refractivity contribution in [3.8, 4) is 23.1 Å². The van der Waals surface area contributed by atoms with Gasteiger partial charge in [0.25, 0.3) is 5.56 Å². The molecule has 0 saturated carbocycles. The summed E-state index contributed by atoms with van der Waals surface area (Å²) in [6.45, 7) is 0. The summed E-state index contributed by atoms with van der Waals surface area (Å²) in [6.07, 6.45) is 0.319. The van der Waals surface area contributed by atoms with Gasteiger partial charge < -0.3 is 24.7 Å². The largest absolute Gasteiger partial charge is 0.494 e. The molecule has 2 heterocycles. The van der Waals surface area contributed by atoms with Gasteiger partial charge in [-0.2, -0.15) is 5.10 Å². The number of rotatable bonds is 5. The van der Waals surface area contributed by atoms with Gasteiger partial charge in [0, 0.05) is 20.5 Å². The molecule has 1 aromatic heterocycles. The number of nitrogens with zero attached hydrogens (tertiary/aromatic N) is 3. The Labute approximate surface area is 160 Å². The van der Waals surface area contributed by atoms with Gasteiger partial charge in [-0.25, -0.2) is 4.79 Å². The Balaban J connectivity index is 2.00. The second-order valence-electron chi connectivity index (χ2n) is 6.31. The Morgan fingerprint density at radius 3 is 2.21 bits per heavy atom. The molecule has 1 aromatic carbocycles. The summed E-state index contributed by atoms with van der Waals surface area (Å²) in [5, 5.41) is 14.5. The van der Waals surface area contributed by atoms with E-state index in [1.807, 2.05) is 0 Å². The summed E-state index contributed by atoms with van der Waals surface area (Å²) in [6, 6.07) is 3.29. The van der Waals surface area contributed by atoms with Gasteiger partial charge in [-0.3, -0.25) is 13.9 Å². The first-order chi connectivity index (χ1) is 13.3. The number of aromatic nitrogens is 2. The van der Waals surface area contributed by atoms with E-state index in [0.29, 0.717) is 29.4 Å². The third kappa shape index (κ3) is 2.96. The molecule has 2 N–H and O–H groups in total. The smallest absolute Gasteiger partial charge is 0.333 e. The maximum Gasteiger partial charge on any atom is 0.333 e. The van der Waals surface area contributed by atoms with E-state index in [9.17, 15) is 14.7 Å². The number of ether oxygens (including phenoxy) is 3. The van der Waals surface area contributed by atoms with Crippen molar-refractivity contribution in [1.82, 2.24) is 14.6 Å². The van der Waals surface area contributed by atoms with Crippen molar-refractivity contribution < 1.29 is 19.3 Å². The van der Waals surface area contributed by atoms with Gasteiger partial charge in [-0.15, -0.1) is 0 Å². The number of hydrazone groups is 1. The van der Waals surface area contributed by atoms with Crippen molar-refractivity contribution in [3.05, 3.63) is 44.1 Å². The Hall–Kier alpha value is -3.43. The standard InChI is InChI=1S/C18H22N4O6/c1-21-16(23)14(17(24)22(2)18(21)25)11-8-10(19-20-11)9-6-12(26-3)15(28-5)13(7-9)27-4/h6-7,10,19,23H,8H2,1-5H3/t10-/m0/s1. The number of nitrogens with one attached hydrogen (secondary N) is 1. The molecule has 1 atom stereocenters. The first kappa shape index (κ1) is 19.3. The summed E-state index contributed by atoms with van der Waals surface area (Å²) in [5.74, 6) is 1.04. The molecule has 10 heteroatoms. The number of aromatic hydroxyl groups is 1. The van der Waals surface area contributed by atoms with E-state index < -0.39 is 17.1 Å². The van der Waals surface area contributed by atoms with Gasteiger partial charge in [0.05, 0.1) is 33.1 Å². The maximum absolute atomic E-state index is 12.5. The summed E-state index contributed by atoms with van der Waals surface area (Å²) in [5.41, 5.74) is 2.89. The molecule has 150 valence electrons. The van der Waals surface area contributed by atoms with E-state index >= 15 is 0 Å². The molecular weight excluding hydrogens is 368 g/mol. The highest BCUT2D eigenvalue weighted by molar-refractivity contribution is 6.03. The zero-order chi connectivity index (χ0) is 20.6. The Morgan fingerprint density at radius 2 is 1.68 bits per heavy atom. The molecule has 0 amide bonds. The highest BCUT2D eigenvalue weighted by Gasteiger charge is 2.29. The van der Waals surface area contributed by atoms with Crippen LogP contribution in [0.15, 0.2) is 26.8 Å². The predicted molar refractivity (Wildman–Crippen MR) is 102 cm³/mol. The lowest BCUT2D eigenvalue weighted by molar-refractivity contribution is 0.323. The van der Waals surface area contributed by atoms with Crippen molar-refractivity contribution in [2.45, 2.75) is 12.5 Å². The minimum absolute atomic E-state index is 0.00737. The van der Waals surface area contributed by atoms with Gasteiger partial charge >= 0.3 is 5.69 Å². The molecule has 0 spiro atoms. The van der Waals surface area contributed by atoms with E-state index in [4.69, 9.17) is 14.2 Å². The number of methoxy groups -OCH3 is 3. The molecular formula is C18H22N4O6. The van der Waals surface area contributed by atoms with Crippen LogP contribution in [0.5, 0.6) is 23.1 Å². The van der Waals surface area contributed by atoms with Crippen molar-refractivity contribution >= 4 is 5.71 Å². The third-order valence-electron chi connectivity index (χ3n) is 4.76. The second kappa shape index (κ2) is 7.29. The number of hydrogen-bond donors (Lipinski definition) is 2. The van der Waals surface area contributed by atoms with E-state index in [1.54, 1.807) is 12.1 Å². The van der Waals surface area contributed by atoms with Crippen LogP contribution < -0.4 is 30.9 Å². The Bertz CT molecular complexity index is 1040. The van der Waals surface area contributed by atoms with E-state index in [-0.39, 0.29) is 11.6 Å². The van der Waals surface area contributed by atoms with E-state index in [2.05, 4.69) is 10.5 Å². The van der Waals surface area contributed by atoms with Gasteiger partial charge in [-0.05, 0) is 17.7 Å². The lowest BCUT2D eigenvalue weighted by atomic mass is 9.99. The molecule has 0 saturated heterocycles. The average molecular weight is 390 g/mol. The molecule has 10 nitrogen and oxygen atoms in total. The molecule has 0 radical (unpaired) electrons. The fraction of sp³-hybridized carbons (Fsp3) is 0.389. The third-order valence-corrected chi connectivity index (χ3v) is 4.76. The molecule has 0 fully saturated rings. The van der Waals surface area contributed by atoms with Crippen molar-refractivity contribution in [3.63, 3.8) is 0 Å². The van der Waals surface area contributed by atoms with Crippen LogP contribution in [0.25, 0.3) is 0 Å². The van der Waals surface area contributed by atoms with Crippen LogP contribution >= 0.6 is 0 Å². The normalized spacial score (nSPS) is 15.8. The number of hydrogen-bond acceptors (Lipinski definition) is 8. The highest BCUT2D eigenvalue weighted by atomic mass is 16.5. The summed E-state index contributed by atoms with van der Waals surface area (Å²) in [4.78, 5) is 24.4. The van der Waals surface area contributed by atoms with Crippen molar-refractivity contribution in [1.29, 1.82) is 0 Å². The molecule has 0 bridgehead atoms. The SMILES string of the molecule is COc1cc([C@@H]2CC(c3c(O)n(C)c(=O)n(C)c3=O)=NN2)cc(OC)c1OC. The summed E-state index contributed by atoms with van der Waals surface area (Å²) < 4.78 is 18.0. The molecule has 3 rings (SSSR count). The van der Waals surface area contributed by atoms with Crippen LogP contribution in [-0.4, -0.2) is 41.3 Å². The van der Waals surface area contributed by atoms with Gasteiger partial charge in [0.2, 0.25) is 11.6 Å². The molecule has 28 heavy (non-hydrogen) atoms. The van der Waals surface area contributed by atoms with Crippen LogP contribution in [0.2, 0.25) is 0 Å². The summed E-state index contributed by atoms with van der Waals surface area (Å²) >= 11 is 0. The second-order valence-corrected chi connectivity index (χ2v) is 6.31. The summed E-state index contributed by atoms with van der Waals surface area (Å²) in [7, 11) is 7.31. The van der Waals surface area contributed by atoms with Crippen LogP contribution in [0, 0.1) is 0 Å². The minimum atomic E-state index is -0.612. The quantitative estimate of drug-likeness (QED) is 0.752. The first-order valence-corrected chi connectivity index (χ1v) is 8.45. The molecule has 2 aromatic rings. The minimum Gasteiger partial charge on any atom is -0.494 e. The van der Waals surface area contributed by atoms with Crippen LogP contribution in [0.4, 0.5) is 0 Å². The predicted octanol–water partition coefficient (Wildman–Crippen LogP) is 0.254. The molecule has 0 unspecified atom stereocenters. The zero-order valence-electron chi connectivity index (χ0n) is 16.3. The van der Waals surface area contributed by atoms with Crippen molar-refractivity contribution in [2.24, 2.45) is 19.2 Å². The van der Waals surface area contributed by atoms with Crippen LogP contribution in [0.3, 0.4) is 0 Å². The van der Waals surface area contributed by atoms with E-state index in [1.165, 1.54) is 35.4 Å². The average Bonchev–Trinajstić information content (AvgIpc) is 3.19. The topological polar surface area (TPSA) is 116 Å². The molecule has 1 aliphatic rings. The first-order valence-electron chi connectivity index (χ1n) is 8.45. The highest BCUT2D eigenvalue weighted by Crippen LogP contribution is 2.41. The van der Waals surface area contributed by atoms with Crippen LogP contribution in [0.1, 0.15) is 23.6 Å². The van der Waals surface area contributed by atoms with Gasteiger partial charge in [0.15, 0.2) is 11.5 Å². The Kier molecular flexibility index (Phi) is 5.04. The van der Waals surface area contributed by atoms with Crippen LogP contribution in [-0.2, 0) is 14.1 Å². The van der Waals surface area contributed by atoms with Crippen molar-refractivity contribution in [2.75, 3.05) is 21.3 Å². The molecule has 1 aliphatic heterocycles. The number of benzene rings is 1. The zero-order valence-corrected chi connectivity index (χ0v) is 16.3. The lowest BCUT2D eigenvalue weighted by Gasteiger charge is -2.17. The Morgan fingerprint density at radius 1 is 1.07 bits per heavy atom. The lowest BCUT2D eigenvalue weighted by Crippen LogP contribution is -2.39. The monoisotopic (exact) mass is 390 g/mol. The van der Waals surface area contributed by atoms with E-state index in [0.717, 1.165) is 14.7 Å². The van der Waals surface area contributed by atoms with Gasteiger partial charge in [0.1, 0.15) is 5.56 Å². The molecule has 0 aliphatic carbocycles. The maximum atomic E-state index is 12.5. The fourth-order valence-electron chi connectivity index (χ4n) is 3.18. The van der Waals surface area contributed by atoms with Gasteiger partial charge in [-0.1, -0.05) is 0 Å². The fourth-order valence-corrected chi connectivity index (χ4v) is 3.18.